The highest BCUT2D eigenvalue weighted by molar-refractivity contribution is 5.99. The maximum atomic E-state index is 13.7. The summed E-state index contributed by atoms with van der Waals surface area (Å²) >= 11 is 0. The SMILES string of the molecule is Cc1cc(C)n(-c2cc(N(C(=O)CN3CCC(N(C)C(=O)OC(C)(C)C)CC3)c3ccc(C)o3)ncn2)n1. The maximum absolute atomic E-state index is 13.7. The number of amides is 2. The fourth-order valence-electron chi connectivity index (χ4n) is 4.55. The first kappa shape index (κ1) is 27.3. The molecule has 11 nitrogen and oxygen atoms in total. The molecular weight excluding hydrogens is 486 g/mol. The van der Waals surface area contributed by atoms with Gasteiger partial charge in [0.2, 0.25) is 11.8 Å². The van der Waals surface area contributed by atoms with Crippen molar-refractivity contribution in [3.05, 3.63) is 47.7 Å². The number of anilines is 2. The number of carbonyl (C=O) groups is 2. The first-order valence-electron chi connectivity index (χ1n) is 12.8. The fraction of sp³-hybridized carbons (Fsp3) is 0.519. The number of piperidine rings is 1. The first-order chi connectivity index (χ1) is 17.9. The summed E-state index contributed by atoms with van der Waals surface area (Å²) in [5.74, 6) is 1.88. The quantitative estimate of drug-likeness (QED) is 0.473. The van der Waals surface area contributed by atoms with Crippen LogP contribution in [0, 0.1) is 20.8 Å². The summed E-state index contributed by atoms with van der Waals surface area (Å²) in [6.45, 7) is 12.8. The van der Waals surface area contributed by atoms with Gasteiger partial charge in [0.1, 0.15) is 23.5 Å². The second kappa shape index (κ2) is 10.9. The highest BCUT2D eigenvalue weighted by Gasteiger charge is 2.31. The Morgan fingerprint density at radius 2 is 1.82 bits per heavy atom. The lowest BCUT2D eigenvalue weighted by molar-refractivity contribution is -0.119. The van der Waals surface area contributed by atoms with Crippen LogP contribution in [0.4, 0.5) is 16.5 Å². The average Bonchev–Trinajstić information content (AvgIpc) is 3.42. The summed E-state index contributed by atoms with van der Waals surface area (Å²) in [6.07, 6.45) is 2.60. The van der Waals surface area contributed by atoms with E-state index in [-0.39, 0.29) is 24.6 Å². The molecule has 0 aliphatic carbocycles. The van der Waals surface area contributed by atoms with E-state index < -0.39 is 5.60 Å². The number of hydrogen-bond acceptors (Lipinski definition) is 8. The molecule has 2 amide bonds. The predicted octanol–water partition coefficient (Wildman–Crippen LogP) is 4.18. The second-order valence-corrected chi connectivity index (χ2v) is 10.8. The monoisotopic (exact) mass is 523 g/mol. The molecular formula is C27H37N7O4. The minimum Gasteiger partial charge on any atom is -0.445 e. The third-order valence-electron chi connectivity index (χ3n) is 6.44. The molecule has 0 radical (unpaired) electrons. The molecule has 0 N–H and O–H groups in total. The van der Waals surface area contributed by atoms with Crippen LogP contribution in [0.2, 0.25) is 0 Å². The van der Waals surface area contributed by atoms with E-state index in [1.165, 1.54) is 11.2 Å². The molecule has 0 saturated carbocycles. The Balaban J connectivity index is 1.48. The van der Waals surface area contributed by atoms with Crippen LogP contribution in [-0.4, -0.2) is 79.9 Å². The highest BCUT2D eigenvalue weighted by atomic mass is 16.6. The zero-order valence-corrected chi connectivity index (χ0v) is 23.3. The Bertz CT molecular complexity index is 1280. The van der Waals surface area contributed by atoms with Crippen molar-refractivity contribution in [2.75, 3.05) is 31.6 Å². The van der Waals surface area contributed by atoms with E-state index in [1.807, 2.05) is 53.7 Å². The Hall–Kier alpha value is -3.73. The number of nitrogens with zero attached hydrogens (tertiary/aromatic N) is 7. The fourth-order valence-corrected chi connectivity index (χ4v) is 4.55. The van der Waals surface area contributed by atoms with Crippen molar-refractivity contribution in [3.63, 3.8) is 0 Å². The summed E-state index contributed by atoms with van der Waals surface area (Å²) in [6, 6.07) is 7.34. The molecule has 1 aliphatic heterocycles. The van der Waals surface area contributed by atoms with Gasteiger partial charge in [-0.2, -0.15) is 5.10 Å². The normalized spacial score (nSPS) is 14.9. The van der Waals surface area contributed by atoms with Crippen molar-refractivity contribution in [1.29, 1.82) is 0 Å². The predicted molar refractivity (Wildman–Crippen MR) is 143 cm³/mol. The maximum Gasteiger partial charge on any atom is 0.410 e. The van der Waals surface area contributed by atoms with E-state index in [1.54, 1.807) is 28.8 Å². The van der Waals surface area contributed by atoms with Crippen molar-refractivity contribution < 1.29 is 18.7 Å². The van der Waals surface area contributed by atoms with Crippen molar-refractivity contribution in [2.45, 2.75) is 66.0 Å². The highest BCUT2D eigenvalue weighted by Crippen LogP contribution is 2.28. The number of aromatic nitrogens is 4. The number of hydrogen-bond donors (Lipinski definition) is 0. The van der Waals surface area contributed by atoms with Crippen LogP contribution in [0.1, 0.15) is 50.8 Å². The topological polar surface area (TPSA) is 110 Å². The summed E-state index contributed by atoms with van der Waals surface area (Å²) in [7, 11) is 1.77. The van der Waals surface area contributed by atoms with Gasteiger partial charge >= 0.3 is 6.09 Å². The summed E-state index contributed by atoms with van der Waals surface area (Å²) in [5, 5.41) is 4.50. The van der Waals surface area contributed by atoms with Gasteiger partial charge in [0.05, 0.1) is 12.2 Å². The van der Waals surface area contributed by atoms with Gasteiger partial charge in [0, 0.05) is 44.0 Å². The molecule has 1 fully saturated rings. The zero-order chi connectivity index (χ0) is 27.6. The standard InChI is InChI=1S/C27H37N7O4/c1-18-14-19(2)34(30-18)23-15-22(28-17-29-23)33(25-9-8-20(3)37-25)24(35)16-32-12-10-21(11-13-32)31(7)26(36)38-27(4,5)6/h8-9,14-15,17,21H,10-13,16H2,1-7H3. The molecule has 0 aromatic carbocycles. The Labute approximate surface area is 223 Å². The molecule has 3 aromatic rings. The Kier molecular flexibility index (Phi) is 7.86. The van der Waals surface area contributed by atoms with Crippen LogP contribution in [-0.2, 0) is 9.53 Å². The molecule has 204 valence electrons. The minimum absolute atomic E-state index is 0.0604. The van der Waals surface area contributed by atoms with Gasteiger partial charge in [-0.25, -0.2) is 24.3 Å². The van der Waals surface area contributed by atoms with E-state index in [2.05, 4.69) is 20.0 Å². The van der Waals surface area contributed by atoms with Crippen molar-refractivity contribution >= 4 is 23.7 Å². The van der Waals surface area contributed by atoms with Gasteiger partial charge in [0.25, 0.3) is 0 Å². The van der Waals surface area contributed by atoms with Crippen LogP contribution in [0.25, 0.3) is 5.82 Å². The Morgan fingerprint density at radius 3 is 2.39 bits per heavy atom. The zero-order valence-electron chi connectivity index (χ0n) is 23.3. The van der Waals surface area contributed by atoms with Gasteiger partial charge in [-0.3, -0.25) is 9.69 Å². The van der Waals surface area contributed by atoms with Crippen molar-refractivity contribution in [3.8, 4) is 5.82 Å². The molecule has 0 spiro atoms. The molecule has 0 unspecified atom stereocenters. The summed E-state index contributed by atoms with van der Waals surface area (Å²) in [5.41, 5.74) is 1.26. The summed E-state index contributed by atoms with van der Waals surface area (Å²) in [4.78, 5) is 40.2. The van der Waals surface area contributed by atoms with Crippen molar-refractivity contribution in [2.24, 2.45) is 0 Å². The minimum atomic E-state index is -0.540. The second-order valence-electron chi connectivity index (χ2n) is 10.8. The van der Waals surface area contributed by atoms with Crippen molar-refractivity contribution in [1.82, 2.24) is 29.5 Å². The number of ether oxygens (including phenoxy) is 1. The number of rotatable bonds is 6. The molecule has 11 heteroatoms. The van der Waals surface area contributed by atoms with Crippen LogP contribution in [0.5, 0.6) is 0 Å². The number of likely N-dealkylation sites (tertiary alicyclic amines) is 1. The van der Waals surface area contributed by atoms with Crippen LogP contribution >= 0.6 is 0 Å². The Morgan fingerprint density at radius 1 is 1.11 bits per heavy atom. The van der Waals surface area contributed by atoms with E-state index in [0.717, 1.165) is 24.2 Å². The lowest BCUT2D eigenvalue weighted by Gasteiger charge is -2.37. The number of furan rings is 1. The molecule has 38 heavy (non-hydrogen) atoms. The third-order valence-corrected chi connectivity index (χ3v) is 6.44. The van der Waals surface area contributed by atoms with Crippen LogP contribution < -0.4 is 4.90 Å². The summed E-state index contributed by atoms with van der Waals surface area (Å²) < 4.78 is 13.1. The van der Waals surface area contributed by atoms with Crippen LogP contribution in [0.15, 0.2) is 35.0 Å². The van der Waals surface area contributed by atoms with Crippen LogP contribution in [0.3, 0.4) is 0 Å². The van der Waals surface area contributed by atoms with E-state index in [0.29, 0.717) is 36.4 Å². The van der Waals surface area contributed by atoms with Gasteiger partial charge in [-0.15, -0.1) is 0 Å². The van der Waals surface area contributed by atoms with Gasteiger partial charge in [0.15, 0.2) is 5.82 Å². The third kappa shape index (κ3) is 6.39. The first-order valence-corrected chi connectivity index (χ1v) is 12.8. The molecule has 0 bridgehead atoms. The van der Waals surface area contributed by atoms with E-state index >= 15 is 0 Å². The molecule has 4 rings (SSSR count). The number of carbonyl (C=O) groups excluding carboxylic acids is 2. The molecule has 1 saturated heterocycles. The molecule has 1 aliphatic rings. The molecule has 3 aromatic heterocycles. The lowest BCUT2D eigenvalue weighted by Crippen LogP contribution is -2.49. The molecule has 0 atom stereocenters. The number of aryl methyl sites for hydroxylation is 3. The van der Waals surface area contributed by atoms with Gasteiger partial charge in [-0.1, -0.05) is 0 Å². The van der Waals surface area contributed by atoms with Gasteiger partial charge in [-0.05, 0) is 66.5 Å². The lowest BCUT2D eigenvalue weighted by atomic mass is 10.0. The average molecular weight is 524 g/mol. The van der Waals surface area contributed by atoms with E-state index in [9.17, 15) is 9.59 Å². The smallest absolute Gasteiger partial charge is 0.410 e. The molecule has 4 heterocycles. The van der Waals surface area contributed by atoms with Gasteiger partial charge < -0.3 is 14.1 Å². The van der Waals surface area contributed by atoms with E-state index in [4.69, 9.17) is 9.15 Å². The largest absolute Gasteiger partial charge is 0.445 e.